The van der Waals surface area contributed by atoms with E-state index in [4.69, 9.17) is 4.74 Å². The highest BCUT2D eigenvalue weighted by Crippen LogP contribution is 2.13. The van der Waals surface area contributed by atoms with E-state index in [9.17, 15) is 9.59 Å². The zero-order chi connectivity index (χ0) is 23.3. The topological polar surface area (TPSA) is 76.1 Å². The standard InChI is InChI=1S/C26H49N3O3/c1-3-4-5-6-7-8-9-10-11-12-13-14-15-16-17-20-27-23-24(32-2)18-21-29-22-19-25(30)28-26(29)31/h19,22,24,27H,3-18,20-21,23H2,1-2H3,(H,28,30,31). The summed E-state index contributed by atoms with van der Waals surface area (Å²) in [6, 6.07) is 1.37. The summed E-state index contributed by atoms with van der Waals surface area (Å²) in [6.07, 6.45) is 23.1. The van der Waals surface area contributed by atoms with Crippen molar-refractivity contribution in [3.8, 4) is 0 Å². The number of aromatic amines is 1. The predicted molar refractivity (Wildman–Crippen MR) is 135 cm³/mol. The summed E-state index contributed by atoms with van der Waals surface area (Å²) in [6.45, 7) is 4.61. The third-order valence-electron chi connectivity index (χ3n) is 6.25. The Bertz CT molecular complexity index is 656. The molecule has 2 N–H and O–H groups in total. The van der Waals surface area contributed by atoms with Crippen molar-refractivity contribution in [1.29, 1.82) is 0 Å². The van der Waals surface area contributed by atoms with Crippen LogP contribution < -0.4 is 16.6 Å². The van der Waals surface area contributed by atoms with Crippen molar-refractivity contribution in [3.05, 3.63) is 33.1 Å². The summed E-state index contributed by atoms with van der Waals surface area (Å²) in [5.41, 5.74) is -0.724. The molecule has 0 bridgehead atoms. The van der Waals surface area contributed by atoms with E-state index in [-0.39, 0.29) is 17.4 Å². The maximum Gasteiger partial charge on any atom is 0.328 e. The molecule has 0 spiro atoms. The van der Waals surface area contributed by atoms with Gasteiger partial charge in [-0.1, -0.05) is 96.8 Å². The van der Waals surface area contributed by atoms with Crippen LogP contribution in [-0.2, 0) is 11.3 Å². The van der Waals surface area contributed by atoms with Crippen molar-refractivity contribution in [2.24, 2.45) is 0 Å². The van der Waals surface area contributed by atoms with Gasteiger partial charge in [-0.2, -0.15) is 0 Å². The Kier molecular flexibility index (Phi) is 18.1. The molecule has 0 radical (unpaired) electrons. The highest BCUT2D eigenvalue weighted by atomic mass is 16.5. The Morgan fingerprint density at radius 3 is 1.91 bits per heavy atom. The highest BCUT2D eigenvalue weighted by molar-refractivity contribution is 4.82. The first-order chi connectivity index (χ1) is 15.7. The molecule has 1 aromatic heterocycles. The van der Waals surface area contributed by atoms with Crippen molar-refractivity contribution >= 4 is 0 Å². The van der Waals surface area contributed by atoms with Crippen LogP contribution in [-0.4, -0.2) is 35.9 Å². The van der Waals surface area contributed by atoms with Crippen molar-refractivity contribution in [3.63, 3.8) is 0 Å². The molecule has 6 nitrogen and oxygen atoms in total. The fraction of sp³-hybridized carbons (Fsp3) is 0.846. The molecule has 0 aliphatic rings. The van der Waals surface area contributed by atoms with Crippen LogP contribution in [0.3, 0.4) is 0 Å². The number of rotatable bonds is 22. The van der Waals surface area contributed by atoms with Crippen LogP contribution in [0, 0.1) is 0 Å². The van der Waals surface area contributed by atoms with E-state index >= 15 is 0 Å². The minimum atomic E-state index is -0.363. The molecular formula is C26H49N3O3. The average Bonchev–Trinajstić information content (AvgIpc) is 2.79. The molecule has 1 aromatic rings. The van der Waals surface area contributed by atoms with Gasteiger partial charge in [0.2, 0.25) is 0 Å². The number of aromatic nitrogens is 2. The van der Waals surface area contributed by atoms with Gasteiger partial charge in [0, 0.05) is 32.5 Å². The summed E-state index contributed by atoms with van der Waals surface area (Å²) in [4.78, 5) is 25.1. The Morgan fingerprint density at radius 2 is 1.41 bits per heavy atom. The van der Waals surface area contributed by atoms with E-state index in [2.05, 4.69) is 17.2 Å². The summed E-state index contributed by atoms with van der Waals surface area (Å²) in [5.74, 6) is 0. The second-order valence-corrected chi connectivity index (χ2v) is 9.10. The largest absolute Gasteiger partial charge is 0.380 e. The number of ether oxygens (including phenoxy) is 1. The van der Waals surface area contributed by atoms with Gasteiger partial charge in [-0.05, 0) is 19.4 Å². The first-order valence-corrected chi connectivity index (χ1v) is 13.2. The molecule has 0 fully saturated rings. The lowest BCUT2D eigenvalue weighted by atomic mass is 10.0. The summed E-state index contributed by atoms with van der Waals surface area (Å²) in [7, 11) is 1.70. The van der Waals surface area contributed by atoms with Crippen LogP contribution in [0.4, 0.5) is 0 Å². The van der Waals surface area contributed by atoms with Crippen LogP contribution in [0.2, 0.25) is 0 Å². The molecule has 0 aliphatic carbocycles. The second kappa shape index (κ2) is 20.2. The first kappa shape index (κ1) is 28.6. The summed E-state index contributed by atoms with van der Waals surface area (Å²) in [5, 5.41) is 3.47. The Hall–Kier alpha value is -1.40. The second-order valence-electron chi connectivity index (χ2n) is 9.10. The molecule has 0 aliphatic heterocycles. The van der Waals surface area contributed by atoms with Gasteiger partial charge in [0.1, 0.15) is 0 Å². The lowest BCUT2D eigenvalue weighted by molar-refractivity contribution is 0.0902. The monoisotopic (exact) mass is 451 g/mol. The molecule has 0 amide bonds. The summed E-state index contributed by atoms with van der Waals surface area (Å²) < 4.78 is 7.03. The Morgan fingerprint density at radius 1 is 0.875 bits per heavy atom. The molecule has 1 atom stereocenters. The maximum atomic E-state index is 11.7. The number of nitrogens with zero attached hydrogens (tertiary/aromatic N) is 1. The predicted octanol–water partition coefficient (Wildman–Crippen LogP) is 5.40. The average molecular weight is 452 g/mol. The molecule has 0 aromatic carbocycles. The van der Waals surface area contributed by atoms with Crippen molar-refractivity contribution in [2.45, 2.75) is 122 Å². The normalized spacial score (nSPS) is 12.3. The number of aryl methyl sites for hydroxylation is 1. The lowest BCUT2D eigenvalue weighted by Gasteiger charge is -2.16. The number of hydrogen-bond acceptors (Lipinski definition) is 4. The van der Waals surface area contributed by atoms with Gasteiger partial charge >= 0.3 is 5.69 Å². The lowest BCUT2D eigenvalue weighted by Crippen LogP contribution is -2.33. The van der Waals surface area contributed by atoms with Crippen LogP contribution in [0.25, 0.3) is 0 Å². The van der Waals surface area contributed by atoms with E-state index in [1.807, 2.05) is 0 Å². The molecule has 1 rings (SSSR count). The molecule has 1 heterocycles. The van der Waals surface area contributed by atoms with Crippen LogP contribution in [0.5, 0.6) is 0 Å². The SMILES string of the molecule is CCCCCCCCCCCCCCCCCNCC(CCn1ccc(=O)[nH]c1=O)OC. The first-order valence-electron chi connectivity index (χ1n) is 13.2. The van der Waals surface area contributed by atoms with Gasteiger partial charge in [-0.3, -0.25) is 9.78 Å². The molecule has 1 unspecified atom stereocenters. The number of nitrogens with one attached hydrogen (secondary N) is 2. The summed E-state index contributed by atoms with van der Waals surface area (Å²) >= 11 is 0. The number of unbranched alkanes of at least 4 members (excludes halogenated alkanes) is 14. The fourth-order valence-corrected chi connectivity index (χ4v) is 4.09. The Labute approximate surface area is 195 Å². The van der Waals surface area contributed by atoms with E-state index in [0.29, 0.717) is 6.54 Å². The third-order valence-corrected chi connectivity index (χ3v) is 6.25. The van der Waals surface area contributed by atoms with Crippen LogP contribution in [0.15, 0.2) is 21.9 Å². The zero-order valence-electron chi connectivity index (χ0n) is 20.8. The maximum absolute atomic E-state index is 11.7. The van der Waals surface area contributed by atoms with Crippen LogP contribution >= 0.6 is 0 Å². The number of H-pyrrole nitrogens is 1. The Balaban J connectivity index is 1.88. The highest BCUT2D eigenvalue weighted by Gasteiger charge is 2.08. The minimum absolute atomic E-state index is 0.0603. The van der Waals surface area contributed by atoms with Gasteiger partial charge in [-0.25, -0.2) is 4.79 Å². The number of methoxy groups -OCH3 is 1. The molecule has 0 saturated heterocycles. The quantitative estimate of drug-likeness (QED) is 0.231. The van der Waals surface area contributed by atoms with Crippen molar-refractivity contribution in [2.75, 3.05) is 20.2 Å². The van der Waals surface area contributed by atoms with Gasteiger partial charge in [0.25, 0.3) is 5.56 Å². The molecule has 32 heavy (non-hydrogen) atoms. The van der Waals surface area contributed by atoms with Crippen LogP contribution in [0.1, 0.15) is 110 Å². The van der Waals surface area contributed by atoms with E-state index in [1.54, 1.807) is 7.11 Å². The minimum Gasteiger partial charge on any atom is -0.380 e. The smallest absolute Gasteiger partial charge is 0.328 e. The van der Waals surface area contributed by atoms with Gasteiger partial charge in [0.15, 0.2) is 0 Å². The fourth-order valence-electron chi connectivity index (χ4n) is 4.09. The van der Waals surface area contributed by atoms with E-state index in [1.165, 1.54) is 113 Å². The van der Waals surface area contributed by atoms with Crippen molar-refractivity contribution in [1.82, 2.24) is 14.9 Å². The van der Waals surface area contributed by atoms with Gasteiger partial charge in [0.05, 0.1) is 6.10 Å². The van der Waals surface area contributed by atoms with Gasteiger partial charge in [-0.15, -0.1) is 0 Å². The molecule has 0 saturated carbocycles. The number of hydrogen-bond donors (Lipinski definition) is 2. The molecular weight excluding hydrogens is 402 g/mol. The van der Waals surface area contributed by atoms with Crippen molar-refractivity contribution < 1.29 is 4.74 Å². The van der Waals surface area contributed by atoms with E-state index in [0.717, 1.165) is 19.5 Å². The molecule has 6 heteroatoms. The van der Waals surface area contributed by atoms with Gasteiger partial charge < -0.3 is 14.6 Å². The molecule has 186 valence electrons. The zero-order valence-corrected chi connectivity index (χ0v) is 20.8. The third kappa shape index (κ3) is 15.4. The van der Waals surface area contributed by atoms with E-state index < -0.39 is 0 Å².